The van der Waals surface area contributed by atoms with E-state index in [1.807, 2.05) is 61.5 Å². The molecular weight excluding hydrogens is 474 g/mol. The van der Waals surface area contributed by atoms with Crippen LogP contribution < -0.4 is 4.74 Å². The molecule has 0 aliphatic carbocycles. The Bertz CT molecular complexity index is 1280. The summed E-state index contributed by atoms with van der Waals surface area (Å²) in [6, 6.07) is 21.7. The Kier molecular flexibility index (Phi) is 8.17. The van der Waals surface area contributed by atoms with E-state index in [9.17, 15) is 14.9 Å². The smallest absolute Gasteiger partial charge is 0.269 e. The van der Waals surface area contributed by atoms with Gasteiger partial charge in [0.05, 0.1) is 15.5 Å². The van der Waals surface area contributed by atoms with Gasteiger partial charge in [-0.2, -0.15) is 0 Å². The van der Waals surface area contributed by atoms with Crippen molar-refractivity contribution < 1.29 is 14.5 Å². The van der Waals surface area contributed by atoms with Gasteiger partial charge in [-0.3, -0.25) is 19.8 Å². The van der Waals surface area contributed by atoms with Crippen LogP contribution in [0.5, 0.6) is 5.75 Å². The maximum Gasteiger partial charge on any atom is 0.269 e. The van der Waals surface area contributed by atoms with Crippen molar-refractivity contribution in [2.45, 2.75) is 33.3 Å². The summed E-state index contributed by atoms with van der Waals surface area (Å²) in [6.07, 6.45) is 3.78. The Morgan fingerprint density at radius 3 is 2.36 bits per heavy atom. The Morgan fingerprint density at radius 2 is 1.72 bits per heavy atom. The Balaban J connectivity index is 1.45. The summed E-state index contributed by atoms with van der Waals surface area (Å²) >= 11 is 1.39. The lowest BCUT2D eigenvalue weighted by atomic mass is 10.2. The van der Waals surface area contributed by atoms with E-state index >= 15 is 0 Å². The van der Waals surface area contributed by atoms with Crippen molar-refractivity contribution >= 4 is 40.3 Å². The summed E-state index contributed by atoms with van der Waals surface area (Å²) in [4.78, 5) is 30.7. The molecular formula is C28H27N3O4S. The normalized spacial score (nSPS) is 15.6. The van der Waals surface area contributed by atoms with Gasteiger partial charge in [0, 0.05) is 18.7 Å². The van der Waals surface area contributed by atoms with Crippen molar-refractivity contribution in [3.8, 4) is 5.75 Å². The number of aliphatic imine (C=N–C) groups is 1. The van der Waals surface area contributed by atoms with Crippen LogP contribution in [0.15, 0.2) is 82.7 Å². The van der Waals surface area contributed by atoms with E-state index in [0.29, 0.717) is 29.0 Å². The predicted octanol–water partition coefficient (Wildman–Crippen LogP) is 6.89. The molecule has 1 aliphatic heterocycles. The molecule has 1 fully saturated rings. The van der Waals surface area contributed by atoms with Crippen molar-refractivity contribution in [1.29, 1.82) is 0 Å². The minimum absolute atomic E-state index is 0.0298. The van der Waals surface area contributed by atoms with E-state index < -0.39 is 4.92 Å². The van der Waals surface area contributed by atoms with Gasteiger partial charge in [-0.25, -0.2) is 4.99 Å². The van der Waals surface area contributed by atoms with Gasteiger partial charge in [0.25, 0.3) is 11.6 Å². The molecule has 184 valence electrons. The van der Waals surface area contributed by atoms with Crippen LogP contribution in [0.2, 0.25) is 0 Å². The molecule has 1 saturated heterocycles. The van der Waals surface area contributed by atoms with Gasteiger partial charge in [-0.1, -0.05) is 43.2 Å². The first-order valence-electron chi connectivity index (χ1n) is 11.8. The topological polar surface area (TPSA) is 85.0 Å². The van der Waals surface area contributed by atoms with E-state index in [1.165, 1.54) is 23.9 Å². The third-order valence-corrected chi connectivity index (χ3v) is 6.62. The molecule has 7 nitrogen and oxygen atoms in total. The minimum Gasteiger partial charge on any atom is -0.489 e. The van der Waals surface area contributed by atoms with Gasteiger partial charge in [0.2, 0.25) is 0 Å². The molecule has 0 atom stereocenters. The fourth-order valence-corrected chi connectivity index (χ4v) is 4.55. The molecule has 0 unspecified atom stereocenters. The summed E-state index contributed by atoms with van der Waals surface area (Å²) in [7, 11) is 0. The van der Waals surface area contributed by atoms with Crippen LogP contribution in [-0.4, -0.2) is 27.4 Å². The molecule has 1 heterocycles. The number of amides is 1. The molecule has 0 aromatic heterocycles. The van der Waals surface area contributed by atoms with E-state index in [1.54, 1.807) is 17.0 Å². The lowest BCUT2D eigenvalue weighted by molar-refractivity contribution is -0.384. The number of aryl methyl sites for hydroxylation is 1. The molecule has 1 aliphatic rings. The Hall–Kier alpha value is -3.91. The molecule has 0 radical (unpaired) electrons. The van der Waals surface area contributed by atoms with Gasteiger partial charge in [0.1, 0.15) is 12.4 Å². The Morgan fingerprint density at radius 1 is 1.03 bits per heavy atom. The average Bonchev–Trinajstić information content (AvgIpc) is 3.17. The summed E-state index contributed by atoms with van der Waals surface area (Å²) in [6.45, 7) is 5.08. The van der Waals surface area contributed by atoms with E-state index in [-0.39, 0.29) is 11.6 Å². The first-order valence-corrected chi connectivity index (χ1v) is 12.6. The highest BCUT2D eigenvalue weighted by Crippen LogP contribution is 2.34. The Labute approximate surface area is 214 Å². The number of non-ortho nitro benzene ring substituents is 1. The number of carbonyl (C=O) groups is 1. The third kappa shape index (κ3) is 6.40. The number of nitro groups is 1. The number of hydrogen-bond donors (Lipinski definition) is 0. The van der Waals surface area contributed by atoms with Gasteiger partial charge >= 0.3 is 0 Å². The fraction of sp³-hybridized carbons (Fsp3) is 0.214. The zero-order valence-corrected chi connectivity index (χ0v) is 21.0. The second-order valence-electron chi connectivity index (χ2n) is 8.43. The van der Waals surface area contributed by atoms with Crippen LogP contribution in [0.4, 0.5) is 11.4 Å². The minimum atomic E-state index is -0.425. The summed E-state index contributed by atoms with van der Waals surface area (Å²) in [5.41, 5.74) is 3.77. The molecule has 0 bridgehead atoms. The zero-order valence-electron chi connectivity index (χ0n) is 20.2. The summed E-state index contributed by atoms with van der Waals surface area (Å²) in [5, 5.41) is 11.5. The first-order chi connectivity index (χ1) is 17.4. The number of ether oxygens (including phenoxy) is 1. The van der Waals surface area contributed by atoms with E-state index in [4.69, 9.17) is 9.73 Å². The zero-order chi connectivity index (χ0) is 25.5. The maximum absolute atomic E-state index is 13.2. The lowest BCUT2D eigenvalue weighted by Crippen LogP contribution is -2.30. The predicted molar refractivity (Wildman–Crippen MR) is 144 cm³/mol. The van der Waals surface area contributed by atoms with Gasteiger partial charge < -0.3 is 4.74 Å². The van der Waals surface area contributed by atoms with Crippen molar-refractivity contribution in [2.75, 3.05) is 6.54 Å². The molecule has 4 rings (SSSR count). The molecule has 3 aromatic carbocycles. The number of hydrogen-bond acceptors (Lipinski definition) is 6. The fourth-order valence-electron chi connectivity index (χ4n) is 3.53. The number of carbonyl (C=O) groups excluding carboxylic acids is 1. The monoisotopic (exact) mass is 501 g/mol. The maximum atomic E-state index is 13.2. The molecule has 8 heteroatoms. The highest BCUT2D eigenvalue weighted by atomic mass is 32.2. The summed E-state index contributed by atoms with van der Waals surface area (Å²) in [5.74, 6) is 0.643. The van der Waals surface area contributed by atoms with Crippen LogP contribution in [0.1, 0.15) is 36.5 Å². The van der Waals surface area contributed by atoms with Gasteiger partial charge in [-0.15, -0.1) is 0 Å². The molecule has 0 N–H and O–H groups in total. The summed E-state index contributed by atoms with van der Waals surface area (Å²) < 4.78 is 5.80. The van der Waals surface area contributed by atoms with Crippen LogP contribution >= 0.6 is 11.8 Å². The standard InChI is InChI=1S/C28H27N3O4S/c1-3-4-17-30-27(32)26(36-28(30)29-23-11-5-20(2)6-12-23)18-21-9-15-25(16-10-21)35-19-22-7-13-24(14-8-22)31(33)34/h5-16,18H,3-4,17,19H2,1-2H3/b26-18+,29-28?. The largest absolute Gasteiger partial charge is 0.489 e. The second kappa shape index (κ2) is 11.7. The quantitative estimate of drug-likeness (QED) is 0.181. The number of unbranched alkanes of at least 4 members (excludes halogenated alkanes) is 1. The second-order valence-corrected chi connectivity index (χ2v) is 9.44. The lowest BCUT2D eigenvalue weighted by Gasteiger charge is -2.14. The van der Waals surface area contributed by atoms with Crippen LogP contribution in [0, 0.1) is 17.0 Å². The van der Waals surface area contributed by atoms with Gasteiger partial charge in [-0.05, 0) is 78.7 Å². The SMILES string of the molecule is CCCCN1C(=O)/C(=C\c2ccc(OCc3ccc([N+](=O)[O-])cc3)cc2)SC1=Nc1ccc(C)cc1. The van der Waals surface area contributed by atoms with Crippen LogP contribution in [-0.2, 0) is 11.4 Å². The number of amidine groups is 1. The van der Waals surface area contributed by atoms with E-state index in [0.717, 1.165) is 35.2 Å². The highest BCUT2D eigenvalue weighted by molar-refractivity contribution is 8.18. The molecule has 36 heavy (non-hydrogen) atoms. The molecule has 0 saturated carbocycles. The first kappa shape index (κ1) is 25.2. The molecule has 1 amide bonds. The molecule has 3 aromatic rings. The van der Waals surface area contributed by atoms with Crippen molar-refractivity contribution in [3.05, 3.63) is 105 Å². The van der Waals surface area contributed by atoms with Crippen LogP contribution in [0.3, 0.4) is 0 Å². The highest BCUT2D eigenvalue weighted by Gasteiger charge is 2.32. The van der Waals surface area contributed by atoms with E-state index in [2.05, 4.69) is 6.92 Å². The molecule has 0 spiro atoms. The van der Waals surface area contributed by atoms with Crippen LogP contribution in [0.25, 0.3) is 6.08 Å². The average molecular weight is 502 g/mol. The third-order valence-electron chi connectivity index (χ3n) is 5.61. The number of benzene rings is 3. The number of rotatable bonds is 9. The van der Waals surface area contributed by atoms with Crippen molar-refractivity contribution in [2.24, 2.45) is 4.99 Å². The van der Waals surface area contributed by atoms with Crippen molar-refractivity contribution in [3.63, 3.8) is 0 Å². The number of nitro benzene ring substituents is 1. The number of thioether (sulfide) groups is 1. The van der Waals surface area contributed by atoms with Crippen molar-refractivity contribution in [1.82, 2.24) is 4.90 Å². The van der Waals surface area contributed by atoms with Gasteiger partial charge in [0.15, 0.2) is 5.17 Å². The number of nitrogens with zero attached hydrogens (tertiary/aromatic N) is 3.